The Hall–Kier alpha value is -2.37. The summed E-state index contributed by atoms with van der Waals surface area (Å²) < 4.78 is 5.72. The Morgan fingerprint density at radius 3 is 2.88 bits per heavy atom. The molecule has 5 nitrogen and oxygen atoms in total. The van der Waals surface area contributed by atoms with Crippen LogP contribution in [-0.4, -0.2) is 30.0 Å². The Morgan fingerprint density at radius 1 is 1.27 bits per heavy atom. The number of aryl methyl sites for hydroxylation is 1. The van der Waals surface area contributed by atoms with Crippen molar-refractivity contribution in [3.8, 4) is 5.75 Å². The van der Waals surface area contributed by atoms with Crippen LogP contribution in [0.1, 0.15) is 23.1 Å². The molecule has 0 saturated heterocycles. The van der Waals surface area contributed by atoms with Gasteiger partial charge in [0, 0.05) is 19.2 Å². The lowest BCUT2D eigenvalue weighted by Crippen LogP contribution is -2.18. The van der Waals surface area contributed by atoms with Crippen LogP contribution in [0.3, 0.4) is 0 Å². The maximum Gasteiger partial charge on any atom is 0.276 e. The highest BCUT2D eigenvalue weighted by atomic mass is 35.5. The van der Waals surface area contributed by atoms with Crippen molar-refractivity contribution in [2.75, 3.05) is 20.2 Å². The minimum Gasteiger partial charge on any atom is -0.493 e. The number of nitrogens with zero attached hydrogens (tertiary/aromatic N) is 2. The molecule has 0 unspecified atom stereocenters. The summed E-state index contributed by atoms with van der Waals surface area (Å²) in [6.45, 7) is 2.31. The maximum atomic E-state index is 11.0. The molecule has 1 aliphatic heterocycles. The zero-order chi connectivity index (χ0) is 17.6. The summed E-state index contributed by atoms with van der Waals surface area (Å²) in [6, 6.07) is 13.2. The predicted octanol–water partition coefficient (Wildman–Crippen LogP) is 4.49. The Kier molecular flexibility index (Phi) is 7.18. The normalized spacial score (nSPS) is 13.2. The lowest BCUT2D eigenvalue weighted by Gasteiger charge is -2.20. The van der Waals surface area contributed by atoms with E-state index in [4.69, 9.17) is 4.74 Å². The zero-order valence-electron chi connectivity index (χ0n) is 14.8. The van der Waals surface area contributed by atoms with Crippen molar-refractivity contribution in [1.82, 2.24) is 4.90 Å². The number of hydrogen-bond acceptors (Lipinski definition) is 4. The van der Waals surface area contributed by atoms with Gasteiger partial charge in [0.05, 0.1) is 17.1 Å². The average molecular weight is 375 g/mol. The third-order valence-electron chi connectivity index (χ3n) is 4.28. The molecule has 6 heteroatoms. The second kappa shape index (κ2) is 9.36. The van der Waals surface area contributed by atoms with Gasteiger partial charge in [-0.3, -0.25) is 15.0 Å². The molecule has 0 amide bonds. The number of hydrogen-bond donors (Lipinski definition) is 0. The summed E-state index contributed by atoms with van der Waals surface area (Å²) in [4.78, 5) is 12.8. The molecule has 2 aromatic rings. The molecule has 138 valence electrons. The summed E-state index contributed by atoms with van der Waals surface area (Å²) in [5.41, 5.74) is 3.26. The molecule has 0 saturated carbocycles. The summed E-state index contributed by atoms with van der Waals surface area (Å²) in [6.07, 6.45) is 5.94. The Balaban J connectivity index is 0.00000243. The molecule has 2 aromatic carbocycles. The second-order valence-electron chi connectivity index (χ2n) is 6.31. The SMILES string of the molecule is CN(C/C=C/c1ccccc1[N+](=O)[O-])Cc1ccc2c(c1)OCCC2.Cl. The first-order chi connectivity index (χ1) is 12.1. The molecule has 0 radical (unpaired) electrons. The van der Waals surface area contributed by atoms with Crippen molar-refractivity contribution in [2.45, 2.75) is 19.4 Å². The van der Waals surface area contributed by atoms with Crippen molar-refractivity contribution in [3.63, 3.8) is 0 Å². The fourth-order valence-corrected chi connectivity index (χ4v) is 3.01. The van der Waals surface area contributed by atoms with Crippen molar-refractivity contribution < 1.29 is 9.66 Å². The molecule has 0 spiro atoms. The number of para-hydroxylation sites is 1. The minimum atomic E-state index is -0.351. The van der Waals surface area contributed by atoms with Gasteiger partial charge in [0.15, 0.2) is 0 Å². The minimum absolute atomic E-state index is 0. The molecule has 0 bridgehead atoms. The van der Waals surface area contributed by atoms with Crippen LogP contribution >= 0.6 is 12.4 Å². The van der Waals surface area contributed by atoms with Gasteiger partial charge < -0.3 is 4.74 Å². The summed E-state index contributed by atoms with van der Waals surface area (Å²) >= 11 is 0. The molecule has 3 rings (SSSR count). The van der Waals surface area contributed by atoms with Crippen LogP contribution in [0, 0.1) is 10.1 Å². The molecule has 0 fully saturated rings. The average Bonchev–Trinajstić information content (AvgIpc) is 2.62. The molecular weight excluding hydrogens is 352 g/mol. The first-order valence-corrected chi connectivity index (χ1v) is 8.46. The van der Waals surface area contributed by atoms with Crippen molar-refractivity contribution in [1.29, 1.82) is 0 Å². The summed E-state index contributed by atoms with van der Waals surface area (Å²) in [5.74, 6) is 1.01. The monoisotopic (exact) mass is 374 g/mol. The highest BCUT2D eigenvalue weighted by Gasteiger charge is 2.11. The van der Waals surface area contributed by atoms with Crippen LogP contribution in [-0.2, 0) is 13.0 Å². The highest BCUT2D eigenvalue weighted by Crippen LogP contribution is 2.26. The third-order valence-corrected chi connectivity index (χ3v) is 4.28. The van der Waals surface area contributed by atoms with E-state index in [0.717, 1.165) is 31.7 Å². The lowest BCUT2D eigenvalue weighted by molar-refractivity contribution is -0.385. The predicted molar refractivity (Wildman–Crippen MR) is 106 cm³/mol. The maximum absolute atomic E-state index is 11.0. The van der Waals surface area contributed by atoms with Gasteiger partial charge in [-0.15, -0.1) is 12.4 Å². The number of likely N-dealkylation sites (N-methyl/N-ethyl adjacent to an activating group) is 1. The van der Waals surface area contributed by atoms with Gasteiger partial charge in [-0.2, -0.15) is 0 Å². The van der Waals surface area contributed by atoms with Gasteiger partial charge in [-0.05, 0) is 43.1 Å². The van der Waals surface area contributed by atoms with Crippen LogP contribution in [0.2, 0.25) is 0 Å². The smallest absolute Gasteiger partial charge is 0.276 e. The van der Waals surface area contributed by atoms with E-state index < -0.39 is 0 Å². The number of rotatable bonds is 6. The van der Waals surface area contributed by atoms with E-state index in [2.05, 4.69) is 23.1 Å². The quantitative estimate of drug-likeness (QED) is 0.552. The number of ether oxygens (including phenoxy) is 1. The van der Waals surface area contributed by atoms with E-state index in [9.17, 15) is 10.1 Å². The Morgan fingerprint density at radius 2 is 2.08 bits per heavy atom. The van der Waals surface area contributed by atoms with E-state index in [-0.39, 0.29) is 23.0 Å². The molecule has 1 aliphatic rings. The van der Waals surface area contributed by atoms with Gasteiger partial charge in [0.2, 0.25) is 0 Å². The van der Waals surface area contributed by atoms with E-state index in [0.29, 0.717) is 12.1 Å². The van der Waals surface area contributed by atoms with Gasteiger partial charge >= 0.3 is 0 Å². The van der Waals surface area contributed by atoms with E-state index in [1.807, 2.05) is 25.3 Å². The fourth-order valence-electron chi connectivity index (χ4n) is 3.01. The lowest BCUT2D eigenvalue weighted by atomic mass is 10.0. The molecule has 0 N–H and O–H groups in total. The molecular formula is C20H23ClN2O3. The van der Waals surface area contributed by atoms with Crippen LogP contribution in [0.4, 0.5) is 5.69 Å². The van der Waals surface area contributed by atoms with E-state index >= 15 is 0 Å². The van der Waals surface area contributed by atoms with Crippen molar-refractivity contribution >= 4 is 24.2 Å². The van der Waals surface area contributed by atoms with Gasteiger partial charge in [0.25, 0.3) is 5.69 Å². The van der Waals surface area contributed by atoms with E-state index in [1.54, 1.807) is 12.1 Å². The van der Waals surface area contributed by atoms with E-state index in [1.165, 1.54) is 17.2 Å². The zero-order valence-corrected chi connectivity index (χ0v) is 15.6. The van der Waals surface area contributed by atoms with Gasteiger partial charge in [-0.1, -0.05) is 36.4 Å². The Bertz CT molecular complexity index is 792. The number of nitro groups is 1. The molecule has 0 aliphatic carbocycles. The highest BCUT2D eigenvalue weighted by molar-refractivity contribution is 5.85. The molecule has 26 heavy (non-hydrogen) atoms. The number of halogens is 1. The first-order valence-electron chi connectivity index (χ1n) is 8.46. The van der Waals surface area contributed by atoms with Crippen molar-refractivity contribution in [3.05, 3.63) is 75.3 Å². The van der Waals surface area contributed by atoms with Crippen LogP contribution in [0.15, 0.2) is 48.5 Å². The van der Waals surface area contributed by atoms with Crippen LogP contribution in [0.25, 0.3) is 6.08 Å². The number of benzene rings is 2. The summed E-state index contributed by atoms with van der Waals surface area (Å²) in [7, 11) is 2.03. The standard InChI is InChI=1S/C20H22N2O3.ClH/c1-21(12-4-7-17-6-2-3-9-19(17)22(23)24)15-16-10-11-18-8-5-13-25-20(18)14-16;/h2-4,6-7,9-11,14H,5,8,12-13,15H2,1H3;1H/b7-4+;. The molecule has 0 aromatic heterocycles. The third kappa shape index (κ3) is 5.07. The van der Waals surface area contributed by atoms with Gasteiger partial charge in [0.1, 0.15) is 5.75 Å². The Labute approximate surface area is 159 Å². The second-order valence-corrected chi connectivity index (χ2v) is 6.31. The summed E-state index contributed by atoms with van der Waals surface area (Å²) in [5, 5.41) is 11.0. The molecule has 0 atom stereocenters. The number of nitro benzene ring substituents is 1. The molecule has 1 heterocycles. The van der Waals surface area contributed by atoms with Crippen LogP contribution in [0.5, 0.6) is 5.75 Å². The fraction of sp³-hybridized carbons (Fsp3) is 0.300. The van der Waals surface area contributed by atoms with Crippen LogP contribution < -0.4 is 4.74 Å². The number of fused-ring (bicyclic) bond motifs is 1. The topological polar surface area (TPSA) is 55.6 Å². The first kappa shape index (κ1) is 19.9. The van der Waals surface area contributed by atoms with Gasteiger partial charge in [-0.25, -0.2) is 0 Å². The largest absolute Gasteiger partial charge is 0.493 e. The van der Waals surface area contributed by atoms with Crippen molar-refractivity contribution in [2.24, 2.45) is 0 Å².